The first kappa shape index (κ1) is 11.7. The van der Waals surface area contributed by atoms with Crippen molar-refractivity contribution in [3.8, 4) is 0 Å². The highest BCUT2D eigenvalue weighted by Gasteiger charge is 2.12. The first-order chi connectivity index (χ1) is 6.06. The molecule has 0 saturated carbocycles. The van der Waals surface area contributed by atoms with E-state index in [0.717, 1.165) is 19.2 Å². The molecule has 0 saturated heterocycles. The van der Waals surface area contributed by atoms with E-state index in [9.17, 15) is 4.79 Å². The molecule has 1 aromatic rings. The van der Waals surface area contributed by atoms with Crippen LogP contribution in [0, 0.1) is 10.5 Å². The van der Waals surface area contributed by atoms with Crippen molar-refractivity contribution in [3.05, 3.63) is 31.3 Å². The summed E-state index contributed by atoms with van der Waals surface area (Å²) < 4.78 is 2.01. The second-order valence-corrected chi connectivity index (χ2v) is 5.30. The van der Waals surface area contributed by atoms with Crippen molar-refractivity contribution in [1.29, 1.82) is 0 Å². The largest absolute Gasteiger partial charge is 0.293 e. The Hall–Kier alpha value is 0.580. The first-order valence-corrected chi connectivity index (χ1v) is 6.60. The van der Waals surface area contributed by atoms with Gasteiger partial charge in [-0.05, 0) is 63.1 Å². The fourth-order valence-electron chi connectivity index (χ4n) is 1.12. The number of halogens is 3. The standard InChI is InChI=1S/C9H7Br2IO/c1-5-2-6(12)3-7(11)9(5)8(13)4-10/h2-3H,4H2,1H3. The third-order valence-electron chi connectivity index (χ3n) is 1.65. The van der Waals surface area contributed by atoms with Crippen molar-refractivity contribution < 1.29 is 4.79 Å². The molecule has 0 aliphatic heterocycles. The quantitative estimate of drug-likeness (QED) is 0.405. The van der Waals surface area contributed by atoms with Crippen LogP contribution in [-0.2, 0) is 0 Å². The van der Waals surface area contributed by atoms with Gasteiger partial charge in [-0.25, -0.2) is 0 Å². The number of rotatable bonds is 2. The van der Waals surface area contributed by atoms with Crippen molar-refractivity contribution in [2.45, 2.75) is 6.92 Å². The Labute approximate surface area is 108 Å². The molecular formula is C9H7Br2IO. The number of benzene rings is 1. The molecule has 0 heterocycles. The molecule has 1 nitrogen and oxygen atoms in total. The average molecular weight is 418 g/mol. The van der Waals surface area contributed by atoms with E-state index in [4.69, 9.17) is 0 Å². The molecular weight excluding hydrogens is 411 g/mol. The lowest BCUT2D eigenvalue weighted by atomic mass is 10.1. The summed E-state index contributed by atoms with van der Waals surface area (Å²) in [5, 5.41) is 0.368. The molecule has 1 rings (SSSR count). The van der Waals surface area contributed by atoms with Gasteiger partial charge in [-0.3, -0.25) is 4.79 Å². The molecule has 0 amide bonds. The number of Topliss-reactive ketones (excluding diaryl/α,β-unsaturated/α-hetero) is 1. The number of carbonyl (C=O) groups excluding carboxylic acids is 1. The maximum Gasteiger partial charge on any atom is 0.174 e. The monoisotopic (exact) mass is 416 g/mol. The lowest BCUT2D eigenvalue weighted by molar-refractivity contribution is 0.102. The van der Waals surface area contributed by atoms with Crippen molar-refractivity contribution >= 4 is 60.2 Å². The Morgan fingerprint density at radius 2 is 2.15 bits per heavy atom. The zero-order valence-electron chi connectivity index (χ0n) is 6.90. The number of aryl methyl sites for hydroxylation is 1. The number of carbonyl (C=O) groups is 1. The molecule has 0 spiro atoms. The molecule has 0 fully saturated rings. The Morgan fingerprint density at radius 3 is 2.62 bits per heavy atom. The summed E-state index contributed by atoms with van der Waals surface area (Å²) in [5.41, 5.74) is 1.79. The van der Waals surface area contributed by atoms with E-state index in [2.05, 4.69) is 54.5 Å². The van der Waals surface area contributed by atoms with Crippen molar-refractivity contribution in [3.63, 3.8) is 0 Å². The van der Waals surface area contributed by atoms with Crippen LogP contribution in [0.15, 0.2) is 16.6 Å². The Morgan fingerprint density at radius 1 is 1.54 bits per heavy atom. The van der Waals surface area contributed by atoms with Gasteiger partial charge in [0.05, 0.1) is 5.33 Å². The first-order valence-electron chi connectivity index (χ1n) is 3.61. The van der Waals surface area contributed by atoms with E-state index in [1.807, 2.05) is 19.1 Å². The maximum atomic E-state index is 11.5. The maximum absolute atomic E-state index is 11.5. The predicted octanol–water partition coefficient (Wildman–Crippen LogP) is 3.94. The van der Waals surface area contributed by atoms with E-state index in [1.165, 1.54) is 0 Å². The third-order valence-corrected chi connectivity index (χ3v) is 3.41. The van der Waals surface area contributed by atoms with Crippen LogP contribution in [0.2, 0.25) is 0 Å². The van der Waals surface area contributed by atoms with Gasteiger partial charge in [-0.1, -0.05) is 15.9 Å². The predicted molar refractivity (Wildman–Crippen MR) is 69.7 cm³/mol. The van der Waals surface area contributed by atoms with Crippen LogP contribution in [0.3, 0.4) is 0 Å². The molecule has 70 valence electrons. The molecule has 13 heavy (non-hydrogen) atoms. The van der Waals surface area contributed by atoms with Crippen LogP contribution in [0.25, 0.3) is 0 Å². The van der Waals surface area contributed by atoms with E-state index >= 15 is 0 Å². The topological polar surface area (TPSA) is 17.1 Å². The summed E-state index contributed by atoms with van der Waals surface area (Å²) in [6.07, 6.45) is 0. The van der Waals surface area contributed by atoms with Crippen LogP contribution in [0.1, 0.15) is 15.9 Å². The fraction of sp³-hybridized carbons (Fsp3) is 0.222. The van der Waals surface area contributed by atoms with Crippen LogP contribution in [0.4, 0.5) is 0 Å². The zero-order valence-corrected chi connectivity index (χ0v) is 12.2. The van der Waals surface area contributed by atoms with Crippen LogP contribution < -0.4 is 0 Å². The summed E-state index contributed by atoms with van der Waals surface area (Å²) in [4.78, 5) is 11.5. The second kappa shape index (κ2) is 4.89. The van der Waals surface area contributed by atoms with Crippen molar-refractivity contribution in [2.24, 2.45) is 0 Å². The third kappa shape index (κ3) is 2.76. The minimum atomic E-state index is 0.112. The normalized spacial score (nSPS) is 10.2. The summed E-state index contributed by atoms with van der Waals surface area (Å²) in [7, 11) is 0. The highest BCUT2D eigenvalue weighted by molar-refractivity contribution is 14.1. The summed E-state index contributed by atoms with van der Waals surface area (Å²) in [6.45, 7) is 1.95. The van der Waals surface area contributed by atoms with Crippen LogP contribution in [-0.4, -0.2) is 11.1 Å². The Bertz CT molecular complexity index is 326. The van der Waals surface area contributed by atoms with Crippen molar-refractivity contribution in [2.75, 3.05) is 5.33 Å². The van der Waals surface area contributed by atoms with Crippen molar-refractivity contribution in [1.82, 2.24) is 0 Å². The molecule has 0 atom stereocenters. The highest BCUT2D eigenvalue weighted by atomic mass is 127. The minimum absolute atomic E-state index is 0.112. The second-order valence-electron chi connectivity index (χ2n) is 2.64. The molecule has 0 aromatic heterocycles. The number of ketones is 1. The van der Waals surface area contributed by atoms with Gasteiger partial charge in [-0.2, -0.15) is 0 Å². The van der Waals surface area contributed by atoms with Gasteiger partial charge in [-0.15, -0.1) is 0 Å². The van der Waals surface area contributed by atoms with E-state index < -0.39 is 0 Å². The van der Waals surface area contributed by atoms with Gasteiger partial charge < -0.3 is 0 Å². The molecule has 0 bridgehead atoms. The highest BCUT2D eigenvalue weighted by Crippen LogP contribution is 2.24. The van der Waals surface area contributed by atoms with Crippen LogP contribution in [0.5, 0.6) is 0 Å². The SMILES string of the molecule is Cc1cc(I)cc(Br)c1C(=O)CBr. The van der Waals surface area contributed by atoms with E-state index in [1.54, 1.807) is 0 Å². The van der Waals surface area contributed by atoms with E-state index in [0.29, 0.717) is 5.33 Å². The number of hydrogen-bond donors (Lipinski definition) is 0. The van der Waals surface area contributed by atoms with Gasteiger partial charge >= 0.3 is 0 Å². The van der Waals surface area contributed by atoms with Gasteiger partial charge in [0, 0.05) is 13.6 Å². The summed E-state index contributed by atoms with van der Waals surface area (Å²) in [5.74, 6) is 0.112. The number of hydrogen-bond acceptors (Lipinski definition) is 1. The lowest BCUT2D eigenvalue weighted by Crippen LogP contribution is -2.04. The van der Waals surface area contributed by atoms with Gasteiger partial charge in [0.15, 0.2) is 5.78 Å². The lowest BCUT2D eigenvalue weighted by Gasteiger charge is -2.06. The zero-order chi connectivity index (χ0) is 10.0. The number of alkyl halides is 1. The van der Waals surface area contributed by atoms with Gasteiger partial charge in [0.1, 0.15) is 0 Å². The molecule has 0 radical (unpaired) electrons. The molecule has 0 unspecified atom stereocenters. The fourth-order valence-corrected chi connectivity index (χ4v) is 3.39. The molecule has 0 aliphatic carbocycles. The van der Waals surface area contributed by atoms with E-state index in [-0.39, 0.29) is 5.78 Å². The molecule has 4 heteroatoms. The average Bonchev–Trinajstić information content (AvgIpc) is 2.02. The van der Waals surface area contributed by atoms with Crippen LogP contribution >= 0.6 is 54.5 Å². The summed E-state index contributed by atoms with van der Waals surface area (Å²) in [6, 6.07) is 3.95. The molecule has 1 aromatic carbocycles. The van der Waals surface area contributed by atoms with Gasteiger partial charge in [0.2, 0.25) is 0 Å². The Kier molecular flexibility index (Phi) is 4.38. The van der Waals surface area contributed by atoms with Gasteiger partial charge in [0.25, 0.3) is 0 Å². The molecule has 0 N–H and O–H groups in total. The minimum Gasteiger partial charge on any atom is -0.293 e. The Balaban J connectivity index is 3.28. The summed E-state index contributed by atoms with van der Waals surface area (Å²) >= 11 is 8.79. The smallest absolute Gasteiger partial charge is 0.174 e. The molecule has 0 aliphatic rings.